The number of carbonyl (C=O) groups is 1. The Balaban J connectivity index is 4.34. The SMILES string of the molecule is CCOC(=O)C(C)=CC(CC(C)C)NC. The minimum Gasteiger partial charge on any atom is -0.463 e. The number of esters is 1. The normalized spacial score (nSPS) is 14.1. The highest BCUT2D eigenvalue weighted by Gasteiger charge is 2.10. The molecule has 1 unspecified atom stereocenters. The van der Waals surface area contributed by atoms with Crippen LogP contribution in [0.3, 0.4) is 0 Å². The zero-order chi connectivity index (χ0) is 11.8. The number of hydrogen-bond acceptors (Lipinski definition) is 3. The monoisotopic (exact) mass is 213 g/mol. The van der Waals surface area contributed by atoms with Gasteiger partial charge in [-0.15, -0.1) is 0 Å². The first-order chi connectivity index (χ1) is 7.01. The molecule has 88 valence electrons. The minimum atomic E-state index is -0.221. The molecule has 0 aromatic heterocycles. The Morgan fingerprint density at radius 3 is 2.47 bits per heavy atom. The van der Waals surface area contributed by atoms with Gasteiger partial charge >= 0.3 is 5.97 Å². The summed E-state index contributed by atoms with van der Waals surface area (Å²) in [6.07, 6.45) is 2.96. The molecule has 3 heteroatoms. The number of likely N-dealkylation sites (N-methyl/N-ethyl adjacent to an activating group) is 1. The predicted octanol–water partition coefficient (Wildman–Crippen LogP) is 2.13. The first-order valence-electron chi connectivity index (χ1n) is 5.54. The maximum Gasteiger partial charge on any atom is 0.333 e. The number of carbonyl (C=O) groups excluding carboxylic acids is 1. The highest BCUT2D eigenvalue weighted by atomic mass is 16.5. The zero-order valence-electron chi connectivity index (χ0n) is 10.5. The Labute approximate surface area is 92.9 Å². The van der Waals surface area contributed by atoms with Crippen molar-refractivity contribution in [2.24, 2.45) is 5.92 Å². The topological polar surface area (TPSA) is 38.3 Å². The third-order valence-electron chi connectivity index (χ3n) is 2.14. The van der Waals surface area contributed by atoms with Crippen molar-refractivity contribution < 1.29 is 9.53 Å². The second-order valence-corrected chi connectivity index (χ2v) is 4.09. The molecular weight excluding hydrogens is 190 g/mol. The predicted molar refractivity (Wildman–Crippen MR) is 62.7 cm³/mol. The van der Waals surface area contributed by atoms with Gasteiger partial charge in [-0.05, 0) is 33.2 Å². The van der Waals surface area contributed by atoms with E-state index in [4.69, 9.17) is 4.74 Å². The second kappa shape index (κ2) is 7.46. The van der Waals surface area contributed by atoms with Gasteiger partial charge in [0.05, 0.1) is 6.61 Å². The molecule has 0 amide bonds. The van der Waals surface area contributed by atoms with Crippen molar-refractivity contribution >= 4 is 5.97 Å². The van der Waals surface area contributed by atoms with Crippen LogP contribution in [0.1, 0.15) is 34.1 Å². The Morgan fingerprint density at radius 1 is 1.47 bits per heavy atom. The summed E-state index contributed by atoms with van der Waals surface area (Å²) in [5.74, 6) is 0.384. The lowest BCUT2D eigenvalue weighted by atomic mass is 10.0. The van der Waals surface area contributed by atoms with Gasteiger partial charge in [0, 0.05) is 11.6 Å². The fraction of sp³-hybridized carbons (Fsp3) is 0.750. The molecule has 0 saturated heterocycles. The molecule has 1 atom stereocenters. The van der Waals surface area contributed by atoms with Crippen LogP contribution in [0, 0.1) is 5.92 Å². The van der Waals surface area contributed by atoms with E-state index in [1.807, 2.05) is 20.0 Å². The molecule has 0 saturated carbocycles. The van der Waals surface area contributed by atoms with Gasteiger partial charge in [-0.3, -0.25) is 0 Å². The third-order valence-corrected chi connectivity index (χ3v) is 2.14. The standard InChI is InChI=1S/C12H23NO2/c1-6-15-12(14)10(4)8-11(13-5)7-9(2)3/h8-9,11,13H,6-7H2,1-5H3. The molecule has 1 N–H and O–H groups in total. The average molecular weight is 213 g/mol. The summed E-state index contributed by atoms with van der Waals surface area (Å²) in [6, 6.07) is 0.245. The Hall–Kier alpha value is -0.830. The average Bonchev–Trinajstić information content (AvgIpc) is 2.16. The molecule has 0 aromatic rings. The lowest BCUT2D eigenvalue weighted by molar-refractivity contribution is -0.138. The van der Waals surface area contributed by atoms with E-state index in [-0.39, 0.29) is 12.0 Å². The molecular formula is C12H23NO2. The van der Waals surface area contributed by atoms with Crippen LogP contribution in [0.2, 0.25) is 0 Å². The van der Waals surface area contributed by atoms with Gasteiger partial charge in [0.1, 0.15) is 0 Å². The lowest BCUT2D eigenvalue weighted by Crippen LogP contribution is -2.25. The van der Waals surface area contributed by atoms with Gasteiger partial charge in [0.15, 0.2) is 0 Å². The van der Waals surface area contributed by atoms with Crippen LogP contribution < -0.4 is 5.32 Å². The van der Waals surface area contributed by atoms with Gasteiger partial charge in [0.25, 0.3) is 0 Å². The summed E-state index contributed by atoms with van der Waals surface area (Å²) in [5, 5.41) is 3.18. The van der Waals surface area contributed by atoms with E-state index in [1.165, 1.54) is 0 Å². The third kappa shape index (κ3) is 6.28. The van der Waals surface area contributed by atoms with Crippen LogP contribution in [0.4, 0.5) is 0 Å². The van der Waals surface area contributed by atoms with E-state index in [9.17, 15) is 4.79 Å². The van der Waals surface area contributed by atoms with Gasteiger partial charge in [-0.1, -0.05) is 19.9 Å². The van der Waals surface area contributed by atoms with Gasteiger partial charge in [0.2, 0.25) is 0 Å². The number of hydrogen-bond donors (Lipinski definition) is 1. The maximum absolute atomic E-state index is 11.4. The molecule has 0 heterocycles. The van der Waals surface area contributed by atoms with Crippen molar-refractivity contribution in [3.8, 4) is 0 Å². The molecule has 3 nitrogen and oxygen atoms in total. The van der Waals surface area contributed by atoms with E-state index in [2.05, 4.69) is 19.2 Å². The molecule has 0 aliphatic carbocycles. The molecule has 0 aliphatic rings. The van der Waals surface area contributed by atoms with Crippen molar-refractivity contribution in [2.75, 3.05) is 13.7 Å². The van der Waals surface area contributed by atoms with E-state index in [0.717, 1.165) is 6.42 Å². The highest BCUT2D eigenvalue weighted by molar-refractivity contribution is 5.87. The minimum absolute atomic E-state index is 0.221. The molecule has 0 radical (unpaired) electrons. The van der Waals surface area contributed by atoms with E-state index in [0.29, 0.717) is 18.1 Å². The number of nitrogens with one attached hydrogen (secondary N) is 1. The van der Waals surface area contributed by atoms with Gasteiger partial charge < -0.3 is 10.1 Å². The fourth-order valence-corrected chi connectivity index (χ4v) is 1.39. The lowest BCUT2D eigenvalue weighted by Gasteiger charge is -2.15. The van der Waals surface area contributed by atoms with Crippen molar-refractivity contribution in [3.63, 3.8) is 0 Å². The van der Waals surface area contributed by atoms with Crippen LogP contribution >= 0.6 is 0 Å². The molecule has 0 aliphatic heterocycles. The summed E-state index contributed by atoms with van der Waals surface area (Å²) in [5.41, 5.74) is 0.678. The summed E-state index contributed by atoms with van der Waals surface area (Å²) in [7, 11) is 1.90. The van der Waals surface area contributed by atoms with Crippen LogP contribution in [0.15, 0.2) is 11.6 Å². The maximum atomic E-state index is 11.4. The Kier molecular flexibility index (Phi) is 7.05. The van der Waals surface area contributed by atoms with E-state index < -0.39 is 0 Å². The molecule has 0 bridgehead atoms. The van der Waals surface area contributed by atoms with E-state index in [1.54, 1.807) is 6.92 Å². The molecule has 0 aromatic carbocycles. The summed E-state index contributed by atoms with van der Waals surface area (Å²) in [4.78, 5) is 11.4. The van der Waals surface area contributed by atoms with Crippen molar-refractivity contribution in [1.82, 2.24) is 5.32 Å². The first-order valence-corrected chi connectivity index (χ1v) is 5.54. The molecule has 0 spiro atoms. The van der Waals surface area contributed by atoms with Crippen molar-refractivity contribution in [1.29, 1.82) is 0 Å². The van der Waals surface area contributed by atoms with Crippen LogP contribution in [0.25, 0.3) is 0 Å². The second-order valence-electron chi connectivity index (χ2n) is 4.09. The fourth-order valence-electron chi connectivity index (χ4n) is 1.39. The molecule has 0 rings (SSSR count). The largest absolute Gasteiger partial charge is 0.463 e. The summed E-state index contributed by atoms with van der Waals surface area (Å²) in [6.45, 7) is 8.37. The number of ether oxygens (including phenoxy) is 1. The van der Waals surface area contributed by atoms with Crippen molar-refractivity contribution in [2.45, 2.75) is 40.2 Å². The highest BCUT2D eigenvalue weighted by Crippen LogP contribution is 2.08. The summed E-state index contributed by atoms with van der Waals surface area (Å²) >= 11 is 0. The van der Waals surface area contributed by atoms with E-state index >= 15 is 0 Å². The zero-order valence-corrected chi connectivity index (χ0v) is 10.5. The smallest absolute Gasteiger partial charge is 0.333 e. The van der Waals surface area contributed by atoms with Gasteiger partial charge in [-0.25, -0.2) is 4.79 Å². The van der Waals surface area contributed by atoms with Crippen LogP contribution in [-0.4, -0.2) is 25.7 Å². The van der Waals surface area contributed by atoms with Crippen LogP contribution in [-0.2, 0) is 9.53 Å². The molecule has 0 fully saturated rings. The number of rotatable bonds is 6. The van der Waals surface area contributed by atoms with Crippen LogP contribution in [0.5, 0.6) is 0 Å². The summed E-state index contributed by atoms with van der Waals surface area (Å²) < 4.78 is 4.92. The van der Waals surface area contributed by atoms with Crippen molar-refractivity contribution in [3.05, 3.63) is 11.6 Å². The quantitative estimate of drug-likeness (QED) is 0.542. The first kappa shape index (κ1) is 14.2. The Bertz CT molecular complexity index is 222. The molecule has 15 heavy (non-hydrogen) atoms. The Morgan fingerprint density at radius 2 is 2.07 bits per heavy atom. The van der Waals surface area contributed by atoms with Gasteiger partial charge in [-0.2, -0.15) is 0 Å².